The lowest BCUT2D eigenvalue weighted by molar-refractivity contribution is -0.128. The van der Waals surface area contributed by atoms with Gasteiger partial charge in [-0.1, -0.05) is 33.6 Å². The van der Waals surface area contributed by atoms with E-state index in [0.717, 1.165) is 19.3 Å². The molecule has 0 radical (unpaired) electrons. The molecule has 3 N–H and O–H groups in total. The van der Waals surface area contributed by atoms with E-state index in [0.29, 0.717) is 13.2 Å². The molecule has 24 nitrogen and oxygen atoms in total. The van der Waals surface area contributed by atoms with Gasteiger partial charge in [0.05, 0.1) is 38.1 Å². The molecule has 0 aliphatic carbocycles. The van der Waals surface area contributed by atoms with Crippen LogP contribution in [0.4, 0.5) is 28.8 Å². The number of aliphatic hydroxyl groups excluding tert-OH is 3. The smallest absolute Gasteiger partial charge is 0.430 e. The standard InChI is InChI=1S/C9H16O3.C7H10O5.C7H10O4.C6H8O5.C5H8O4.C5H8O3.C2H6/c1-3-4-5-6-8-7(2)11-9(10)12-8;1-3-5-6(4(2-8)10-3)12-7(9)11-5;1-4-6-5(2-3-9-4)10-7(8)11-6;1-2-3-4(5(7)9-2)11-6(8)10-3;1-3-4(2-6)9-5(7)8-3;1-5(2)3-7-4(6)8-5;1-2/h7-8H,3-6H2,1-2H3;3-6,8H,2H2,1H3;4-6H,2-3H2,1H3;2-5,7H,1H3;3-4,6H,2H2,1H3;3H2,1-2H3;1-2H3. The summed E-state index contributed by atoms with van der Waals surface area (Å²) in [5, 5.41) is 26.5. The molecule has 9 fully saturated rings. The minimum atomic E-state index is -1.04. The maximum absolute atomic E-state index is 10.7. The van der Waals surface area contributed by atoms with Crippen molar-refractivity contribution in [1.82, 2.24) is 0 Å². The quantitative estimate of drug-likeness (QED) is 0.189. The molecule has 374 valence electrons. The van der Waals surface area contributed by atoms with Crippen molar-refractivity contribution in [3.63, 3.8) is 0 Å². The number of hydrogen-bond acceptors (Lipinski definition) is 24. The highest BCUT2D eigenvalue weighted by atomic mass is 16.8. The van der Waals surface area contributed by atoms with Crippen molar-refractivity contribution in [2.24, 2.45) is 0 Å². The van der Waals surface area contributed by atoms with E-state index in [-0.39, 0.29) is 68.1 Å². The second kappa shape index (κ2) is 25.9. The van der Waals surface area contributed by atoms with Crippen molar-refractivity contribution < 1.29 is 115 Å². The molecule has 0 saturated carbocycles. The number of ether oxygens (including phenoxy) is 15. The first-order chi connectivity index (χ1) is 30.7. The lowest BCUT2D eigenvalue weighted by Crippen LogP contribution is -2.40. The molecular formula is C41H66O24. The first kappa shape index (κ1) is 54.7. The molecule has 0 amide bonds. The van der Waals surface area contributed by atoms with Gasteiger partial charge in [-0.3, -0.25) is 0 Å². The molecule has 0 spiro atoms. The molecule has 0 aromatic carbocycles. The first-order valence-corrected chi connectivity index (χ1v) is 21.8. The van der Waals surface area contributed by atoms with Crippen molar-refractivity contribution >= 4 is 36.9 Å². The maximum Gasteiger partial charge on any atom is 0.509 e. The molecule has 9 aliphatic rings. The van der Waals surface area contributed by atoms with Crippen LogP contribution >= 0.6 is 0 Å². The predicted octanol–water partition coefficient (Wildman–Crippen LogP) is 4.35. The Kier molecular flexibility index (Phi) is 21.8. The summed E-state index contributed by atoms with van der Waals surface area (Å²) in [6.07, 6.45) is -3.52. The number of rotatable bonds is 6. The molecule has 15 atom stereocenters. The van der Waals surface area contributed by atoms with Crippen molar-refractivity contribution in [1.29, 1.82) is 0 Å². The van der Waals surface area contributed by atoms with Gasteiger partial charge in [0.15, 0.2) is 42.9 Å². The van der Waals surface area contributed by atoms with Crippen molar-refractivity contribution in [3.8, 4) is 0 Å². The van der Waals surface area contributed by atoms with Gasteiger partial charge in [-0.2, -0.15) is 0 Å². The van der Waals surface area contributed by atoms with E-state index in [1.54, 1.807) is 34.6 Å². The van der Waals surface area contributed by atoms with E-state index in [4.69, 9.17) is 62.7 Å². The molecule has 0 aromatic rings. The zero-order chi connectivity index (χ0) is 48.6. The summed E-state index contributed by atoms with van der Waals surface area (Å²) >= 11 is 0. The highest BCUT2D eigenvalue weighted by Gasteiger charge is 2.53. The van der Waals surface area contributed by atoms with Crippen molar-refractivity contribution in [3.05, 3.63) is 0 Å². The van der Waals surface area contributed by atoms with E-state index >= 15 is 0 Å². The highest BCUT2D eigenvalue weighted by Crippen LogP contribution is 2.32. The third-order valence-corrected chi connectivity index (χ3v) is 10.4. The molecular weight excluding hydrogens is 876 g/mol. The average Bonchev–Trinajstić information content (AvgIpc) is 4.14. The fourth-order valence-electron chi connectivity index (χ4n) is 6.99. The lowest BCUT2D eigenvalue weighted by atomic mass is 10.0. The van der Waals surface area contributed by atoms with Crippen molar-refractivity contribution in [2.75, 3.05) is 26.4 Å². The molecule has 0 aromatic heterocycles. The Morgan fingerprint density at radius 2 is 1.03 bits per heavy atom. The molecule has 9 aliphatic heterocycles. The van der Waals surface area contributed by atoms with Crippen LogP contribution in [0.1, 0.15) is 101 Å². The molecule has 9 saturated heterocycles. The van der Waals surface area contributed by atoms with Gasteiger partial charge in [-0.15, -0.1) is 0 Å². The third kappa shape index (κ3) is 16.3. The Labute approximate surface area is 376 Å². The summed E-state index contributed by atoms with van der Waals surface area (Å²) in [6.45, 7) is 19.4. The number of carbonyl (C=O) groups excluding carboxylic acids is 6. The summed E-state index contributed by atoms with van der Waals surface area (Å²) in [5.74, 6) is 0. The van der Waals surface area contributed by atoms with E-state index in [1.807, 2.05) is 27.7 Å². The molecule has 9 rings (SSSR count). The van der Waals surface area contributed by atoms with Crippen LogP contribution in [0.5, 0.6) is 0 Å². The first-order valence-electron chi connectivity index (χ1n) is 21.8. The third-order valence-electron chi connectivity index (χ3n) is 10.4. The van der Waals surface area contributed by atoms with Gasteiger partial charge in [0, 0.05) is 6.42 Å². The van der Waals surface area contributed by atoms with Crippen LogP contribution in [-0.2, 0) is 71.1 Å². The molecule has 9 heterocycles. The van der Waals surface area contributed by atoms with Crippen LogP contribution in [0.15, 0.2) is 0 Å². The second-order valence-corrected chi connectivity index (χ2v) is 16.0. The highest BCUT2D eigenvalue weighted by molar-refractivity contribution is 5.64. The van der Waals surface area contributed by atoms with E-state index < -0.39 is 79.3 Å². The molecule has 15 unspecified atom stereocenters. The van der Waals surface area contributed by atoms with Gasteiger partial charge in [0.2, 0.25) is 0 Å². The summed E-state index contributed by atoms with van der Waals surface area (Å²) in [6, 6.07) is 0. The Morgan fingerprint density at radius 3 is 1.48 bits per heavy atom. The fraction of sp³-hybridized carbons (Fsp3) is 0.854. The molecule has 65 heavy (non-hydrogen) atoms. The van der Waals surface area contributed by atoms with Crippen LogP contribution in [0.3, 0.4) is 0 Å². The largest absolute Gasteiger partial charge is 0.509 e. The summed E-state index contributed by atoms with van der Waals surface area (Å²) in [5.41, 5.74) is -0.406. The predicted molar refractivity (Wildman–Crippen MR) is 214 cm³/mol. The number of hydrogen-bond donors (Lipinski definition) is 3. The van der Waals surface area contributed by atoms with E-state index in [1.165, 1.54) is 12.8 Å². The number of carbonyl (C=O) groups is 6. The topological polar surface area (TPSA) is 302 Å². The zero-order valence-electron chi connectivity index (χ0n) is 38.4. The maximum atomic E-state index is 10.7. The fourth-order valence-corrected chi connectivity index (χ4v) is 6.99. The monoisotopic (exact) mass is 942 g/mol. The van der Waals surface area contributed by atoms with Gasteiger partial charge >= 0.3 is 36.9 Å². The van der Waals surface area contributed by atoms with Gasteiger partial charge < -0.3 is 86.4 Å². The summed E-state index contributed by atoms with van der Waals surface area (Å²) in [4.78, 5) is 63.0. The van der Waals surface area contributed by atoms with Gasteiger partial charge in [0.25, 0.3) is 0 Å². The van der Waals surface area contributed by atoms with Crippen LogP contribution in [0.25, 0.3) is 0 Å². The Bertz CT molecular complexity index is 1510. The minimum Gasteiger partial charge on any atom is -0.430 e. The van der Waals surface area contributed by atoms with Gasteiger partial charge in [-0.05, 0) is 61.3 Å². The van der Waals surface area contributed by atoms with Crippen LogP contribution in [0.2, 0.25) is 0 Å². The van der Waals surface area contributed by atoms with Crippen LogP contribution < -0.4 is 0 Å². The van der Waals surface area contributed by atoms with Gasteiger partial charge in [0.1, 0.15) is 42.7 Å². The molecule has 24 heteroatoms. The Hall–Kier alpha value is -4.62. The summed E-state index contributed by atoms with van der Waals surface area (Å²) in [7, 11) is 0. The van der Waals surface area contributed by atoms with E-state index in [2.05, 4.69) is 30.6 Å². The number of cyclic esters (lactones) is 6. The Morgan fingerprint density at radius 1 is 0.538 bits per heavy atom. The number of fused-ring (bicyclic) bond motifs is 3. The number of aliphatic hydroxyl groups is 3. The van der Waals surface area contributed by atoms with Crippen LogP contribution in [0, 0.1) is 0 Å². The normalized spacial score (nSPS) is 36.8. The molecule has 0 bridgehead atoms. The van der Waals surface area contributed by atoms with Gasteiger partial charge in [-0.25, -0.2) is 28.8 Å². The Balaban J connectivity index is 0.000000207. The van der Waals surface area contributed by atoms with Crippen molar-refractivity contribution in [2.45, 2.75) is 199 Å². The number of unbranched alkanes of at least 4 members (excludes halogenated alkanes) is 2. The zero-order valence-corrected chi connectivity index (χ0v) is 38.4. The lowest BCUT2D eigenvalue weighted by Gasteiger charge is -2.26. The van der Waals surface area contributed by atoms with Crippen LogP contribution in [-0.4, -0.2) is 176 Å². The van der Waals surface area contributed by atoms with E-state index in [9.17, 15) is 28.8 Å². The minimum absolute atomic E-state index is 0.0101. The summed E-state index contributed by atoms with van der Waals surface area (Å²) < 4.78 is 72.3. The second-order valence-electron chi connectivity index (χ2n) is 16.0. The average molecular weight is 943 g/mol. The SMILES string of the molecule is CC.CC1(C)COC(=O)O1.CC1OC(=O)OC1CO.CC1OC(CO)C2OC(=O)OC12.CC1OC(O)C2OC(=O)OC12.CC1OCCC2OC(=O)OC12.CCCCCC1OC(=O)OC1C.